The number of carbonyl (C=O) groups is 2. The van der Waals surface area contributed by atoms with Crippen LogP contribution in [0.4, 0.5) is 0 Å². The van der Waals surface area contributed by atoms with Crippen LogP contribution in [-0.2, 0) is 4.79 Å². The van der Waals surface area contributed by atoms with E-state index < -0.39 is 0 Å². The number of halogens is 1. The van der Waals surface area contributed by atoms with Crippen LogP contribution in [0, 0.1) is 12.8 Å². The summed E-state index contributed by atoms with van der Waals surface area (Å²) in [5.41, 5.74) is 2.04. The molecule has 0 radical (unpaired) electrons. The Morgan fingerprint density at radius 1 is 1.32 bits per heavy atom. The van der Waals surface area contributed by atoms with E-state index in [-0.39, 0.29) is 17.7 Å². The number of para-hydroxylation sites is 1. The van der Waals surface area contributed by atoms with Gasteiger partial charge in [0.15, 0.2) is 0 Å². The summed E-state index contributed by atoms with van der Waals surface area (Å²) >= 11 is 6.29. The molecule has 1 saturated heterocycles. The summed E-state index contributed by atoms with van der Waals surface area (Å²) in [7, 11) is 1.82. The Bertz CT molecular complexity index is 923. The number of benzene rings is 1. The Labute approximate surface area is 170 Å². The van der Waals surface area contributed by atoms with Gasteiger partial charge in [-0.15, -0.1) is 0 Å². The second kappa shape index (κ2) is 7.70. The van der Waals surface area contributed by atoms with E-state index in [0.717, 1.165) is 30.5 Å². The topological polar surface area (TPSA) is 53.5 Å². The van der Waals surface area contributed by atoms with Crippen LogP contribution in [0.5, 0.6) is 0 Å². The first-order valence-corrected chi connectivity index (χ1v) is 10.4. The van der Waals surface area contributed by atoms with Crippen molar-refractivity contribution in [3.63, 3.8) is 0 Å². The normalized spacial score (nSPS) is 20.3. The number of amides is 2. The van der Waals surface area contributed by atoms with E-state index >= 15 is 0 Å². The molecule has 2 aliphatic rings. The second-order valence-corrected chi connectivity index (χ2v) is 8.59. The molecule has 2 amide bonds. The highest BCUT2D eigenvalue weighted by Crippen LogP contribution is 2.30. The standard InChI is InChI=1S/C22H26ClN3O2/c1-14-10-18(17-8-5-9-19(23)21(17)24-14)22(28)25(2)12-15-11-20(27)26(13-15)16-6-3-4-7-16/h5,8-10,15-16H,3-4,6-7,11-13H2,1-2H3. The van der Waals surface area contributed by atoms with Crippen LogP contribution in [-0.4, -0.2) is 52.8 Å². The highest BCUT2D eigenvalue weighted by atomic mass is 35.5. The molecule has 0 bridgehead atoms. The molecule has 0 N–H and O–H groups in total. The van der Waals surface area contributed by atoms with Crippen LogP contribution in [0.3, 0.4) is 0 Å². The van der Waals surface area contributed by atoms with Gasteiger partial charge < -0.3 is 9.80 Å². The second-order valence-electron chi connectivity index (χ2n) is 8.19. The molecule has 1 aliphatic carbocycles. The summed E-state index contributed by atoms with van der Waals surface area (Å²) < 4.78 is 0. The van der Waals surface area contributed by atoms with Crippen LogP contribution < -0.4 is 0 Å². The number of aryl methyl sites for hydroxylation is 1. The van der Waals surface area contributed by atoms with Crippen molar-refractivity contribution in [2.24, 2.45) is 5.92 Å². The smallest absolute Gasteiger partial charge is 0.254 e. The van der Waals surface area contributed by atoms with E-state index in [1.807, 2.05) is 32.2 Å². The van der Waals surface area contributed by atoms with Crippen molar-refractivity contribution < 1.29 is 9.59 Å². The molecule has 1 aromatic carbocycles. The fourth-order valence-electron chi connectivity index (χ4n) is 4.69. The molecule has 5 nitrogen and oxygen atoms in total. The van der Waals surface area contributed by atoms with E-state index in [2.05, 4.69) is 9.88 Å². The molecule has 1 atom stereocenters. The highest BCUT2D eigenvalue weighted by molar-refractivity contribution is 6.35. The average Bonchev–Trinajstić information content (AvgIpc) is 3.31. The van der Waals surface area contributed by atoms with Gasteiger partial charge in [-0.05, 0) is 31.9 Å². The number of hydrogen-bond acceptors (Lipinski definition) is 3. The summed E-state index contributed by atoms with van der Waals surface area (Å²) in [5, 5.41) is 1.32. The van der Waals surface area contributed by atoms with Crippen molar-refractivity contribution in [2.45, 2.75) is 45.1 Å². The third kappa shape index (κ3) is 3.60. The lowest BCUT2D eigenvalue weighted by Crippen LogP contribution is -2.36. The first kappa shape index (κ1) is 19.2. The van der Waals surface area contributed by atoms with E-state index in [1.54, 1.807) is 11.0 Å². The zero-order valence-corrected chi connectivity index (χ0v) is 17.2. The lowest BCUT2D eigenvalue weighted by molar-refractivity contribution is -0.129. The van der Waals surface area contributed by atoms with E-state index in [1.165, 1.54) is 12.8 Å². The third-order valence-electron chi connectivity index (χ3n) is 6.03. The Morgan fingerprint density at radius 3 is 2.82 bits per heavy atom. The quantitative estimate of drug-likeness (QED) is 0.779. The van der Waals surface area contributed by atoms with Gasteiger partial charge in [0.25, 0.3) is 5.91 Å². The first-order chi connectivity index (χ1) is 13.4. The largest absolute Gasteiger partial charge is 0.341 e. The van der Waals surface area contributed by atoms with Crippen LogP contribution in [0.1, 0.15) is 48.2 Å². The molecule has 1 aromatic heterocycles. The number of aromatic nitrogens is 1. The van der Waals surface area contributed by atoms with Gasteiger partial charge in [0.2, 0.25) is 5.91 Å². The van der Waals surface area contributed by atoms with Crippen molar-refractivity contribution in [1.82, 2.24) is 14.8 Å². The van der Waals surface area contributed by atoms with Gasteiger partial charge in [-0.1, -0.05) is 36.6 Å². The summed E-state index contributed by atoms with van der Waals surface area (Å²) in [6.07, 6.45) is 5.21. The predicted molar refractivity (Wildman–Crippen MR) is 111 cm³/mol. The molecule has 148 valence electrons. The van der Waals surface area contributed by atoms with Crippen LogP contribution in [0.2, 0.25) is 5.02 Å². The molecule has 2 fully saturated rings. The van der Waals surface area contributed by atoms with Crippen LogP contribution >= 0.6 is 11.6 Å². The Balaban J connectivity index is 1.51. The molecular formula is C22H26ClN3O2. The minimum Gasteiger partial charge on any atom is -0.341 e. The molecule has 1 aliphatic heterocycles. The van der Waals surface area contributed by atoms with E-state index in [4.69, 9.17) is 11.6 Å². The van der Waals surface area contributed by atoms with Crippen molar-refractivity contribution in [3.05, 3.63) is 40.5 Å². The van der Waals surface area contributed by atoms with Gasteiger partial charge >= 0.3 is 0 Å². The summed E-state index contributed by atoms with van der Waals surface area (Å²) in [6.45, 7) is 3.22. The molecule has 2 aromatic rings. The van der Waals surface area contributed by atoms with Crippen molar-refractivity contribution in [3.8, 4) is 0 Å². The maximum absolute atomic E-state index is 13.2. The maximum atomic E-state index is 13.2. The van der Waals surface area contributed by atoms with Crippen LogP contribution in [0.25, 0.3) is 10.9 Å². The molecule has 6 heteroatoms. The van der Waals surface area contributed by atoms with E-state index in [9.17, 15) is 9.59 Å². The number of likely N-dealkylation sites (tertiary alicyclic amines) is 1. The fraction of sp³-hybridized carbons (Fsp3) is 0.500. The minimum absolute atomic E-state index is 0.0514. The number of pyridine rings is 1. The SMILES string of the molecule is Cc1cc(C(=O)N(C)CC2CC(=O)N(C3CCCC3)C2)c2cccc(Cl)c2n1. The van der Waals surface area contributed by atoms with Gasteiger partial charge in [0.05, 0.1) is 16.1 Å². The zero-order chi connectivity index (χ0) is 19.8. The molecule has 28 heavy (non-hydrogen) atoms. The monoisotopic (exact) mass is 399 g/mol. The van der Waals surface area contributed by atoms with Crippen LogP contribution in [0.15, 0.2) is 24.3 Å². The maximum Gasteiger partial charge on any atom is 0.254 e. The molecular weight excluding hydrogens is 374 g/mol. The van der Waals surface area contributed by atoms with E-state index in [0.29, 0.717) is 35.1 Å². The lowest BCUT2D eigenvalue weighted by atomic mass is 10.0. The van der Waals surface area contributed by atoms with Gasteiger partial charge in [-0.25, -0.2) is 0 Å². The Kier molecular flexibility index (Phi) is 5.28. The molecule has 4 rings (SSSR count). The first-order valence-electron chi connectivity index (χ1n) is 10.0. The predicted octanol–water partition coefficient (Wildman–Crippen LogP) is 4.06. The van der Waals surface area contributed by atoms with Crippen molar-refractivity contribution >= 4 is 34.3 Å². The number of nitrogens with zero attached hydrogens (tertiary/aromatic N) is 3. The van der Waals surface area contributed by atoms with Gasteiger partial charge in [0.1, 0.15) is 0 Å². The number of rotatable bonds is 4. The van der Waals surface area contributed by atoms with Gasteiger partial charge in [-0.3, -0.25) is 14.6 Å². The van der Waals surface area contributed by atoms with Gasteiger partial charge in [-0.2, -0.15) is 0 Å². The molecule has 1 saturated carbocycles. The third-order valence-corrected chi connectivity index (χ3v) is 6.34. The Morgan fingerprint density at radius 2 is 2.07 bits per heavy atom. The highest BCUT2D eigenvalue weighted by Gasteiger charge is 2.36. The number of hydrogen-bond donors (Lipinski definition) is 0. The average molecular weight is 400 g/mol. The Hall–Kier alpha value is -2.14. The molecule has 1 unspecified atom stereocenters. The van der Waals surface area contributed by atoms with Crippen molar-refractivity contribution in [2.75, 3.05) is 20.1 Å². The fourth-order valence-corrected chi connectivity index (χ4v) is 4.91. The van der Waals surface area contributed by atoms with Gasteiger partial charge in [0, 0.05) is 49.6 Å². The summed E-state index contributed by atoms with van der Waals surface area (Å²) in [4.78, 5) is 33.9. The zero-order valence-electron chi connectivity index (χ0n) is 16.4. The lowest BCUT2D eigenvalue weighted by Gasteiger charge is -2.25. The molecule has 2 heterocycles. The molecule has 0 spiro atoms. The number of fused-ring (bicyclic) bond motifs is 1. The summed E-state index contributed by atoms with van der Waals surface area (Å²) in [6, 6.07) is 7.74. The number of carbonyl (C=O) groups excluding carboxylic acids is 2. The summed E-state index contributed by atoms with van der Waals surface area (Å²) in [5.74, 6) is 0.388. The van der Waals surface area contributed by atoms with Crippen molar-refractivity contribution in [1.29, 1.82) is 0 Å². The minimum atomic E-state index is -0.0514.